The fourth-order valence-corrected chi connectivity index (χ4v) is 4.93. The van der Waals surface area contributed by atoms with E-state index in [2.05, 4.69) is 91.8 Å². The minimum absolute atomic E-state index is 0.238. The molecule has 1 heterocycles. The SMILES string of the molecule is CNCC(Cc1ccccc1)[N+]1(C)CC(=O)N(CCC(C)C)C(Cc2ccccc2)C1. The lowest BCUT2D eigenvalue weighted by molar-refractivity contribution is -0.930. The molecule has 1 N–H and O–H groups in total. The van der Waals surface area contributed by atoms with Crippen LogP contribution in [0.5, 0.6) is 0 Å². The molecule has 0 aliphatic carbocycles. The van der Waals surface area contributed by atoms with Crippen molar-refractivity contribution < 1.29 is 9.28 Å². The summed E-state index contributed by atoms with van der Waals surface area (Å²) in [6.07, 6.45) is 2.97. The number of carbonyl (C=O) groups excluding carboxylic acids is 1. The second-order valence-corrected chi connectivity index (χ2v) is 9.83. The van der Waals surface area contributed by atoms with Gasteiger partial charge in [0.1, 0.15) is 12.6 Å². The number of likely N-dealkylation sites (N-methyl/N-ethyl adjacent to an activating group) is 2. The van der Waals surface area contributed by atoms with E-state index in [1.165, 1.54) is 11.1 Å². The van der Waals surface area contributed by atoms with Crippen LogP contribution in [0.4, 0.5) is 0 Å². The van der Waals surface area contributed by atoms with E-state index >= 15 is 0 Å². The van der Waals surface area contributed by atoms with E-state index in [-0.39, 0.29) is 6.04 Å². The van der Waals surface area contributed by atoms with Crippen LogP contribution in [0.15, 0.2) is 60.7 Å². The van der Waals surface area contributed by atoms with Crippen LogP contribution in [0, 0.1) is 5.92 Å². The molecule has 3 unspecified atom stereocenters. The zero-order valence-corrected chi connectivity index (χ0v) is 19.8. The fourth-order valence-electron chi connectivity index (χ4n) is 4.93. The van der Waals surface area contributed by atoms with Crippen LogP contribution in [-0.4, -0.2) is 67.6 Å². The number of amides is 1. The number of hydrogen-bond donors (Lipinski definition) is 1. The molecule has 1 saturated heterocycles. The highest BCUT2D eigenvalue weighted by Crippen LogP contribution is 2.26. The van der Waals surface area contributed by atoms with Gasteiger partial charge >= 0.3 is 0 Å². The number of rotatable bonds is 10. The maximum absolute atomic E-state index is 13.5. The third-order valence-electron chi connectivity index (χ3n) is 6.78. The van der Waals surface area contributed by atoms with E-state index in [0.717, 1.165) is 43.4 Å². The molecule has 2 aromatic carbocycles. The van der Waals surface area contributed by atoms with Crippen molar-refractivity contribution in [3.63, 3.8) is 0 Å². The lowest BCUT2D eigenvalue weighted by Gasteiger charge is -2.50. The summed E-state index contributed by atoms with van der Waals surface area (Å²) in [4.78, 5) is 15.7. The summed E-state index contributed by atoms with van der Waals surface area (Å²) in [6, 6.07) is 22.0. The summed E-state index contributed by atoms with van der Waals surface area (Å²) >= 11 is 0. The van der Waals surface area contributed by atoms with Crippen LogP contribution >= 0.6 is 0 Å². The Morgan fingerprint density at radius 2 is 1.65 bits per heavy atom. The van der Waals surface area contributed by atoms with Gasteiger partial charge in [0.05, 0.1) is 13.1 Å². The number of nitrogens with zero attached hydrogens (tertiary/aromatic N) is 2. The molecule has 1 fully saturated rings. The van der Waals surface area contributed by atoms with Crippen molar-refractivity contribution in [2.24, 2.45) is 5.92 Å². The Morgan fingerprint density at radius 1 is 1.03 bits per heavy atom. The predicted octanol–water partition coefficient (Wildman–Crippen LogP) is 3.76. The quantitative estimate of drug-likeness (QED) is 0.591. The third kappa shape index (κ3) is 6.41. The van der Waals surface area contributed by atoms with Gasteiger partial charge in [0, 0.05) is 19.5 Å². The molecule has 168 valence electrons. The molecule has 0 bridgehead atoms. The molecule has 0 aromatic heterocycles. The Kier molecular flexibility index (Phi) is 8.28. The normalized spacial score (nSPS) is 22.7. The summed E-state index contributed by atoms with van der Waals surface area (Å²) in [5.74, 6) is 0.910. The maximum Gasteiger partial charge on any atom is 0.278 e. The standard InChI is InChI=1S/C27H40N3O/c1-22(2)15-16-29-25(17-23-11-7-5-8-12-23)20-30(4,21-27(29)31)26(19-28-3)18-24-13-9-6-10-14-24/h5-14,22,25-26,28H,15-21H2,1-4H3/q+1. The minimum atomic E-state index is 0.238. The molecular weight excluding hydrogens is 382 g/mol. The van der Waals surface area contributed by atoms with Gasteiger partial charge in [0.15, 0.2) is 6.54 Å². The number of hydrogen-bond acceptors (Lipinski definition) is 2. The molecule has 1 aliphatic heterocycles. The first-order chi connectivity index (χ1) is 14.9. The molecule has 3 rings (SSSR count). The van der Waals surface area contributed by atoms with E-state index < -0.39 is 0 Å². The number of piperazine rings is 1. The molecule has 2 aromatic rings. The van der Waals surface area contributed by atoms with Crippen LogP contribution in [0.1, 0.15) is 31.4 Å². The zero-order valence-electron chi connectivity index (χ0n) is 19.8. The van der Waals surface area contributed by atoms with E-state index in [4.69, 9.17) is 0 Å². The van der Waals surface area contributed by atoms with E-state index in [1.807, 2.05) is 7.05 Å². The monoisotopic (exact) mass is 422 g/mol. The summed E-state index contributed by atoms with van der Waals surface area (Å²) < 4.78 is 0.796. The molecule has 3 atom stereocenters. The molecule has 31 heavy (non-hydrogen) atoms. The number of nitrogens with one attached hydrogen (secondary N) is 1. The molecule has 4 heteroatoms. The van der Waals surface area contributed by atoms with Gasteiger partial charge < -0.3 is 14.7 Å². The van der Waals surface area contributed by atoms with Gasteiger partial charge in [0.2, 0.25) is 0 Å². The minimum Gasteiger partial charge on any atom is -0.329 e. The van der Waals surface area contributed by atoms with Gasteiger partial charge in [-0.05, 0) is 36.9 Å². The van der Waals surface area contributed by atoms with Crippen molar-refractivity contribution in [2.45, 2.75) is 45.2 Å². The highest BCUT2D eigenvalue weighted by Gasteiger charge is 2.45. The van der Waals surface area contributed by atoms with Crippen molar-refractivity contribution in [1.82, 2.24) is 10.2 Å². The first-order valence-corrected chi connectivity index (χ1v) is 11.8. The second-order valence-electron chi connectivity index (χ2n) is 9.83. The fraction of sp³-hybridized carbons (Fsp3) is 0.519. The average molecular weight is 423 g/mol. The smallest absolute Gasteiger partial charge is 0.278 e. The summed E-state index contributed by atoms with van der Waals surface area (Å²) in [7, 11) is 4.31. The Labute approximate surface area is 188 Å². The van der Waals surface area contributed by atoms with Gasteiger partial charge in [-0.2, -0.15) is 0 Å². The summed E-state index contributed by atoms with van der Waals surface area (Å²) in [6.45, 7) is 7.83. The van der Waals surface area contributed by atoms with Gasteiger partial charge in [-0.3, -0.25) is 4.79 Å². The van der Waals surface area contributed by atoms with Crippen LogP contribution < -0.4 is 5.32 Å². The average Bonchev–Trinajstić information content (AvgIpc) is 2.74. The number of quaternary nitrogens is 1. The van der Waals surface area contributed by atoms with Gasteiger partial charge in [-0.15, -0.1) is 0 Å². The lowest BCUT2D eigenvalue weighted by atomic mass is 9.95. The number of carbonyl (C=O) groups is 1. The second kappa shape index (κ2) is 10.9. The van der Waals surface area contributed by atoms with E-state index in [0.29, 0.717) is 24.4 Å². The van der Waals surface area contributed by atoms with E-state index in [9.17, 15) is 4.79 Å². The van der Waals surface area contributed by atoms with Crippen LogP contribution in [-0.2, 0) is 17.6 Å². The Morgan fingerprint density at radius 3 is 2.23 bits per heavy atom. The maximum atomic E-state index is 13.5. The van der Waals surface area contributed by atoms with Crippen LogP contribution in [0.3, 0.4) is 0 Å². The van der Waals surface area contributed by atoms with Crippen molar-refractivity contribution in [1.29, 1.82) is 0 Å². The van der Waals surface area contributed by atoms with Crippen LogP contribution in [0.25, 0.3) is 0 Å². The molecule has 1 amide bonds. The topological polar surface area (TPSA) is 32.3 Å². The molecule has 4 nitrogen and oxygen atoms in total. The third-order valence-corrected chi connectivity index (χ3v) is 6.78. The van der Waals surface area contributed by atoms with Crippen molar-refractivity contribution >= 4 is 5.91 Å². The van der Waals surface area contributed by atoms with Crippen molar-refractivity contribution in [3.8, 4) is 0 Å². The zero-order chi connectivity index (χ0) is 22.3. The first-order valence-electron chi connectivity index (χ1n) is 11.8. The first kappa shape index (κ1) is 23.5. The molecule has 1 aliphatic rings. The molecule has 0 saturated carbocycles. The number of benzene rings is 2. The Hall–Kier alpha value is -2.17. The molecular formula is C27H40N3O+. The van der Waals surface area contributed by atoms with Gasteiger partial charge in [-0.1, -0.05) is 74.5 Å². The van der Waals surface area contributed by atoms with Crippen LogP contribution in [0.2, 0.25) is 0 Å². The highest BCUT2D eigenvalue weighted by atomic mass is 16.2. The molecule has 0 radical (unpaired) electrons. The summed E-state index contributed by atoms with van der Waals surface area (Å²) in [5.41, 5.74) is 2.66. The summed E-state index contributed by atoms with van der Waals surface area (Å²) in [5, 5.41) is 3.40. The van der Waals surface area contributed by atoms with Gasteiger partial charge in [-0.25, -0.2) is 0 Å². The largest absolute Gasteiger partial charge is 0.329 e. The lowest BCUT2D eigenvalue weighted by Crippen LogP contribution is -2.69. The Bertz CT molecular complexity index is 808. The van der Waals surface area contributed by atoms with Crippen molar-refractivity contribution in [2.75, 3.05) is 40.3 Å². The molecule has 0 spiro atoms. The highest BCUT2D eigenvalue weighted by molar-refractivity contribution is 5.78. The van der Waals surface area contributed by atoms with Gasteiger partial charge in [0.25, 0.3) is 5.91 Å². The van der Waals surface area contributed by atoms with E-state index in [1.54, 1.807) is 0 Å². The van der Waals surface area contributed by atoms with Crippen molar-refractivity contribution in [3.05, 3.63) is 71.8 Å². The Balaban J connectivity index is 1.84. The predicted molar refractivity (Wildman–Crippen MR) is 129 cm³/mol.